The largest absolute Gasteiger partial charge is 0.395 e. The average Bonchev–Trinajstić information content (AvgIpc) is 3.44. The minimum absolute atomic E-state index is 0.0909. The molecule has 11 nitrogen and oxygen atoms in total. The van der Waals surface area contributed by atoms with Crippen LogP contribution >= 0.6 is 11.3 Å². The number of carbonyl (C=O) groups is 1. The van der Waals surface area contributed by atoms with Gasteiger partial charge in [0.2, 0.25) is 11.9 Å². The molecule has 0 aliphatic carbocycles. The number of aliphatic hydroxyl groups excluding tert-OH is 2. The Morgan fingerprint density at radius 3 is 2.59 bits per heavy atom. The Labute approximate surface area is 276 Å². The van der Waals surface area contributed by atoms with Crippen molar-refractivity contribution in [2.75, 3.05) is 51.0 Å². The number of nitrogens with zero attached hydrogens (tertiary/aromatic N) is 6. The van der Waals surface area contributed by atoms with Crippen molar-refractivity contribution in [3.05, 3.63) is 65.2 Å². The van der Waals surface area contributed by atoms with E-state index in [1.165, 1.54) is 16.2 Å². The number of aliphatic imine (C=N–C) groups is 1. The van der Waals surface area contributed by atoms with Crippen molar-refractivity contribution in [3.63, 3.8) is 0 Å². The number of aryl methyl sites for hydroxylation is 2. The quantitative estimate of drug-likeness (QED) is 0.136. The van der Waals surface area contributed by atoms with E-state index < -0.39 is 0 Å². The van der Waals surface area contributed by atoms with Crippen LogP contribution in [0.2, 0.25) is 0 Å². The lowest BCUT2D eigenvalue weighted by Crippen LogP contribution is -2.35. The summed E-state index contributed by atoms with van der Waals surface area (Å²) in [5.74, 6) is 4.55. The number of hydrogen-bond acceptors (Lipinski definition) is 11. The first-order valence-electron chi connectivity index (χ1n) is 15.6. The lowest BCUT2D eigenvalue weighted by Gasteiger charge is -2.20. The van der Waals surface area contributed by atoms with Crippen molar-refractivity contribution in [3.8, 4) is 12.3 Å². The fourth-order valence-electron chi connectivity index (χ4n) is 4.53. The molecule has 12 heteroatoms. The topological polar surface area (TPSA) is 139 Å². The molecule has 1 aliphatic rings. The fraction of sp³-hybridized carbons (Fsp3) is 0.441. The molecular weight excluding hydrogens is 600 g/mol. The number of fused-ring (bicyclic) bond motifs is 1. The third kappa shape index (κ3) is 11.9. The molecule has 46 heavy (non-hydrogen) atoms. The lowest BCUT2D eigenvalue weighted by molar-refractivity contribution is -0.132. The normalized spacial score (nSPS) is 13.5. The summed E-state index contributed by atoms with van der Waals surface area (Å²) in [4.78, 5) is 35.1. The summed E-state index contributed by atoms with van der Waals surface area (Å²) in [6, 6.07) is 1.94. The predicted octanol–water partition coefficient (Wildman–Crippen LogP) is 5.14. The summed E-state index contributed by atoms with van der Waals surface area (Å²) in [6.07, 6.45) is 21.5. The smallest absolute Gasteiger partial charge is 0.229 e. The summed E-state index contributed by atoms with van der Waals surface area (Å²) in [5, 5.41) is 26.8. The summed E-state index contributed by atoms with van der Waals surface area (Å²) in [7, 11) is 4.01. The van der Waals surface area contributed by atoms with E-state index in [1.54, 1.807) is 6.08 Å². The van der Waals surface area contributed by atoms with E-state index in [0.29, 0.717) is 31.0 Å². The number of rotatable bonds is 17. The Hall–Kier alpha value is -4.31. The Morgan fingerprint density at radius 1 is 1.11 bits per heavy atom. The second kappa shape index (κ2) is 19.3. The van der Waals surface area contributed by atoms with Crippen LogP contribution in [-0.2, 0) is 17.6 Å². The third-order valence-corrected chi connectivity index (χ3v) is 7.98. The number of thiazole rings is 1. The van der Waals surface area contributed by atoms with Crippen LogP contribution in [-0.4, -0.2) is 87.1 Å². The summed E-state index contributed by atoms with van der Waals surface area (Å²) in [6.45, 7) is 4.20. The van der Waals surface area contributed by atoms with Gasteiger partial charge in [0.1, 0.15) is 16.7 Å². The van der Waals surface area contributed by atoms with Gasteiger partial charge in [0, 0.05) is 57.5 Å². The highest BCUT2D eigenvalue weighted by Crippen LogP contribution is 2.36. The standard InChI is InChI=1S/C34H46N8O3S/c1-6-8-9-10-11-12-13-27-24-29(39-34-37-28-17-18-30(41(4)5)40-32(28)46-34)38-33(36-27)35-26(7-2)16-14-25(3)15-19-31(45)42(20-22-43)21-23-44/h1,8-11,14,16,24,43-44H,7,12-13,15,17-23H2,2-5H3,(H2,35,36,37,38,39)/b9-8-,11-10-,25-14+,26-16+. The number of nitrogens with one attached hydrogen (secondary N) is 2. The van der Waals surface area contributed by atoms with E-state index >= 15 is 0 Å². The van der Waals surface area contributed by atoms with Gasteiger partial charge in [-0.05, 0) is 51.2 Å². The zero-order valence-electron chi connectivity index (χ0n) is 27.3. The zero-order chi connectivity index (χ0) is 33.3. The van der Waals surface area contributed by atoms with Gasteiger partial charge in [0.05, 0.1) is 18.9 Å². The maximum atomic E-state index is 12.5. The molecule has 246 valence electrons. The molecule has 0 radical (unpaired) electrons. The second-order valence-corrected chi connectivity index (χ2v) is 11.9. The molecule has 0 spiro atoms. The van der Waals surface area contributed by atoms with E-state index in [9.17, 15) is 15.0 Å². The molecule has 0 bridgehead atoms. The van der Waals surface area contributed by atoms with Crippen molar-refractivity contribution in [1.82, 2.24) is 24.8 Å². The van der Waals surface area contributed by atoms with Crippen molar-refractivity contribution >= 4 is 45.0 Å². The van der Waals surface area contributed by atoms with Crippen LogP contribution in [0.3, 0.4) is 0 Å². The number of amides is 1. The maximum absolute atomic E-state index is 12.5. The monoisotopic (exact) mass is 646 g/mol. The molecule has 0 fully saturated rings. The number of anilines is 3. The van der Waals surface area contributed by atoms with Crippen molar-refractivity contribution < 1.29 is 15.0 Å². The molecule has 3 heterocycles. The highest BCUT2D eigenvalue weighted by atomic mass is 32.1. The lowest BCUT2D eigenvalue weighted by atomic mass is 10.1. The number of aliphatic hydroxyl groups is 2. The molecule has 1 aliphatic heterocycles. The first-order chi connectivity index (χ1) is 22.3. The van der Waals surface area contributed by atoms with Crippen molar-refractivity contribution in [1.29, 1.82) is 0 Å². The molecule has 2 aromatic rings. The Balaban J connectivity index is 1.77. The van der Waals surface area contributed by atoms with Gasteiger partial charge in [-0.2, -0.15) is 4.98 Å². The van der Waals surface area contributed by atoms with Gasteiger partial charge < -0.3 is 30.6 Å². The molecule has 1 amide bonds. The van der Waals surface area contributed by atoms with E-state index in [2.05, 4.69) is 16.6 Å². The van der Waals surface area contributed by atoms with E-state index in [1.807, 2.05) is 69.3 Å². The number of amidine groups is 1. The minimum Gasteiger partial charge on any atom is -0.395 e. The second-order valence-electron chi connectivity index (χ2n) is 10.9. The molecule has 0 saturated carbocycles. The Morgan fingerprint density at radius 2 is 1.89 bits per heavy atom. The van der Waals surface area contributed by atoms with Crippen LogP contribution < -0.4 is 10.6 Å². The first-order valence-corrected chi connectivity index (χ1v) is 16.4. The van der Waals surface area contributed by atoms with Gasteiger partial charge in [0.15, 0.2) is 5.13 Å². The van der Waals surface area contributed by atoms with Crippen molar-refractivity contribution in [2.24, 2.45) is 4.99 Å². The van der Waals surface area contributed by atoms with Gasteiger partial charge >= 0.3 is 0 Å². The molecular formula is C34H46N8O3S. The van der Waals surface area contributed by atoms with Crippen LogP contribution in [0.1, 0.15) is 57.3 Å². The number of hydrogen-bond donors (Lipinski definition) is 4. The molecule has 0 atom stereocenters. The summed E-state index contributed by atoms with van der Waals surface area (Å²) < 4.78 is 0. The van der Waals surface area contributed by atoms with Crippen LogP contribution in [0.5, 0.6) is 0 Å². The molecule has 4 N–H and O–H groups in total. The summed E-state index contributed by atoms with van der Waals surface area (Å²) in [5.41, 5.74) is 3.82. The SMILES string of the molecule is C#C/C=C\C=C/CCc1cc(Nc2nc3c(s2)N=C(N(C)C)CC3)nc(N/C(=C/C=C(\C)CCC(=O)N(CCO)CCO)CC)n1. The number of aromatic nitrogens is 3. The maximum Gasteiger partial charge on any atom is 0.229 e. The van der Waals surface area contributed by atoms with E-state index in [4.69, 9.17) is 26.4 Å². The van der Waals surface area contributed by atoms with Gasteiger partial charge in [-0.25, -0.2) is 15.0 Å². The summed E-state index contributed by atoms with van der Waals surface area (Å²) >= 11 is 1.51. The van der Waals surface area contributed by atoms with Gasteiger partial charge in [-0.1, -0.05) is 54.1 Å². The number of carbonyl (C=O) groups excluding carboxylic acids is 1. The molecule has 0 saturated heterocycles. The van der Waals surface area contributed by atoms with Crippen LogP contribution in [0.15, 0.2) is 58.8 Å². The van der Waals surface area contributed by atoms with Crippen LogP contribution in [0.4, 0.5) is 21.9 Å². The Bertz CT molecular complexity index is 1490. The van der Waals surface area contributed by atoms with E-state index in [0.717, 1.165) is 64.3 Å². The predicted molar refractivity (Wildman–Crippen MR) is 188 cm³/mol. The minimum atomic E-state index is -0.131. The Kier molecular flexibility index (Phi) is 15.1. The highest BCUT2D eigenvalue weighted by Gasteiger charge is 2.19. The van der Waals surface area contributed by atoms with E-state index in [-0.39, 0.29) is 32.2 Å². The molecule has 0 unspecified atom stereocenters. The van der Waals surface area contributed by atoms with Gasteiger partial charge in [-0.3, -0.25) is 4.79 Å². The fourth-order valence-corrected chi connectivity index (χ4v) is 5.44. The third-order valence-electron chi connectivity index (χ3n) is 7.08. The molecule has 0 aromatic carbocycles. The van der Waals surface area contributed by atoms with Crippen LogP contribution in [0.25, 0.3) is 0 Å². The number of allylic oxidation sites excluding steroid dienone is 8. The average molecular weight is 647 g/mol. The zero-order valence-corrected chi connectivity index (χ0v) is 28.1. The van der Waals surface area contributed by atoms with Crippen molar-refractivity contribution in [2.45, 2.75) is 58.8 Å². The van der Waals surface area contributed by atoms with Gasteiger partial charge in [0.25, 0.3) is 0 Å². The first kappa shape index (κ1) is 36.2. The highest BCUT2D eigenvalue weighted by molar-refractivity contribution is 7.19. The van der Waals surface area contributed by atoms with Crippen LogP contribution in [0, 0.1) is 12.3 Å². The molecule has 3 rings (SSSR count). The number of terminal acetylenes is 1. The van der Waals surface area contributed by atoms with Gasteiger partial charge in [-0.15, -0.1) is 6.42 Å². The molecule has 2 aromatic heterocycles.